The van der Waals surface area contributed by atoms with Crippen molar-refractivity contribution in [2.45, 2.75) is 38.3 Å². The van der Waals surface area contributed by atoms with Crippen LogP contribution in [-0.4, -0.2) is 33.8 Å². The minimum Gasteiger partial charge on any atom is -0.381 e. The fourth-order valence-electron chi connectivity index (χ4n) is 4.27. The van der Waals surface area contributed by atoms with Crippen molar-refractivity contribution >= 4 is 12.0 Å². The third kappa shape index (κ3) is 4.16. The number of hydrogen-bond acceptors (Lipinski definition) is 5. The molecule has 1 aliphatic carbocycles. The lowest BCUT2D eigenvalue weighted by atomic mass is 10.0. The Balaban J connectivity index is 1.37. The van der Waals surface area contributed by atoms with Crippen molar-refractivity contribution in [1.29, 1.82) is 0 Å². The van der Waals surface area contributed by atoms with E-state index in [9.17, 15) is 4.79 Å². The average molecular weight is 415 g/mol. The Bertz CT molecular complexity index is 1180. The first-order valence-corrected chi connectivity index (χ1v) is 10.9. The fraction of sp³-hybridized carbons (Fsp3) is 0.320. The van der Waals surface area contributed by atoms with Crippen LogP contribution < -0.4 is 10.9 Å². The normalized spacial score (nSPS) is 16.8. The van der Waals surface area contributed by atoms with Crippen LogP contribution >= 0.6 is 0 Å². The molecule has 3 heterocycles. The van der Waals surface area contributed by atoms with Gasteiger partial charge in [-0.15, -0.1) is 0 Å². The summed E-state index contributed by atoms with van der Waals surface area (Å²) >= 11 is 0. The standard InChI is InChI=1S/C25H26N4O2/c1-17(19-6-5-18-3-2-4-20(18)15-19)29-12-8-21(16-24(29)30)23-7-11-26-25(28-23)27-22-9-13-31-14-10-22/h2,4-8,11-12,15-17,22H,3,9-10,13-14H2,1H3,(H,26,27,28). The number of rotatable bonds is 5. The van der Waals surface area contributed by atoms with Gasteiger partial charge in [0.1, 0.15) is 0 Å². The van der Waals surface area contributed by atoms with E-state index in [0.717, 1.165) is 49.3 Å². The SMILES string of the molecule is CC(c1ccc2c(c1)C=CC2)n1ccc(-c2ccnc(NC3CCOCC3)n2)cc1=O. The molecule has 3 aromatic rings. The molecular formula is C25H26N4O2. The van der Waals surface area contributed by atoms with Gasteiger partial charge in [0.25, 0.3) is 5.56 Å². The quantitative estimate of drug-likeness (QED) is 0.681. The highest BCUT2D eigenvalue weighted by molar-refractivity contribution is 5.61. The molecule has 1 aromatic carbocycles. The lowest BCUT2D eigenvalue weighted by Crippen LogP contribution is -2.28. The number of hydrogen-bond donors (Lipinski definition) is 1. The summed E-state index contributed by atoms with van der Waals surface area (Å²) in [6.45, 7) is 3.57. The number of anilines is 1. The van der Waals surface area contributed by atoms with Crippen molar-refractivity contribution in [3.05, 3.63) is 81.9 Å². The van der Waals surface area contributed by atoms with Gasteiger partial charge in [-0.25, -0.2) is 9.97 Å². The van der Waals surface area contributed by atoms with Gasteiger partial charge >= 0.3 is 0 Å². The van der Waals surface area contributed by atoms with Crippen LogP contribution in [0.4, 0.5) is 5.95 Å². The van der Waals surface area contributed by atoms with Gasteiger partial charge in [-0.2, -0.15) is 0 Å². The molecule has 1 saturated heterocycles. The number of ether oxygens (including phenoxy) is 1. The molecule has 2 aliphatic rings. The maximum absolute atomic E-state index is 12.9. The van der Waals surface area contributed by atoms with E-state index in [-0.39, 0.29) is 11.6 Å². The van der Waals surface area contributed by atoms with Crippen LogP contribution in [0.3, 0.4) is 0 Å². The zero-order chi connectivity index (χ0) is 21.2. The fourth-order valence-corrected chi connectivity index (χ4v) is 4.27. The Hall–Kier alpha value is -3.25. The Morgan fingerprint density at radius 3 is 2.87 bits per heavy atom. The Morgan fingerprint density at radius 1 is 1.16 bits per heavy atom. The van der Waals surface area contributed by atoms with E-state index in [1.165, 1.54) is 11.1 Å². The predicted octanol–water partition coefficient (Wildman–Crippen LogP) is 4.07. The molecule has 0 bridgehead atoms. The molecule has 6 nitrogen and oxygen atoms in total. The molecule has 1 fully saturated rings. The first kappa shape index (κ1) is 19.7. The molecule has 5 rings (SSSR count). The molecule has 0 spiro atoms. The highest BCUT2D eigenvalue weighted by Gasteiger charge is 2.16. The Kier molecular flexibility index (Phi) is 5.38. The van der Waals surface area contributed by atoms with Crippen molar-refractivity contribution in [3.63, 3.8) is 0 Å². The molecular weight excluding hydrogens is 388 g/mol. The average Bonchev–Trinajstić information content (AvgIpc) is 3.27. The molecule has 31 heavy (non-hydrogen) atoms. The van der Waals surface area contributed by atoms with Crippen molar-refractivity contribution in [2.75, 3.05) is 18.5 Å². The van der Waals surface area contributed by atoms with Crippen LogP contribution in [-0.2, 0) is 11.2 Å². The van der Waals surface area contributed by atoms with Gasteiger partial charge in [0.05, 0.1) is 11.7 Å². The second-order valence-corrected chi connectivity index (χ2v) is 8.20. The topological polar surface area (TPSA) is 69.0 Å². The number of aromatic nitrogens is 3. The van der Waals surface area contributed by atoms with Crippen LogP contribution in [0.5, 0.6) is 0 Å². The number of pyridine rings is 1. The highest BCUT2D eigenvalue weighted by atomic mass is 16.5. The molecule has 0 amide bonds. The van der Waals surface area contributed by atoms with Crippen LogP contribution in [0.1, 0.15) is 42.5 Å². The van der Waals surface area contributed by atoms with E-state index < -0.39 is 0 Å². The third-order valence-corrected chi connectivity index (χ3v) is 6.16. The Morgan fingerprint density at radius 2 is 2.03 bits per heavy atom. The zero-order valence-electron chi connectivity index (χ0n) is 17.6. The van der Waals surface area contributed by atoms with Gasteiger partial charge in [-0.3, -0.25) is 4.79 Å². The molecule has 158 valence electrons. The van der Waals surface area contributed by atoms with Gasteiger partial charge in [0.15, 0.2) is 0 Å². The summed E-state index contributed by atoms with van der Waals surface area (Å²) in [5, 5.41) is 3.39. The first-order chi connectivity index (χ1) is 15.2. The first-order valence-electron chi connectivity index (χ1n) is 10.9. The lowest BCUT2D eigenvalue weighted by Gasteiger charge is -2.23. The largest absolute Gasteiger partial charge is 0.381 e. The summed E-state index contributed by atoms with van der Waals surface area (Å²) in [7, 11) is 0. The number of benzene rings is 1. The van der Waals surface area contributed by atoms with Crippen LogP contribution in [0.25, 0.3) is 17.3 Å². The summed E-state index contributed by atoms with van der Waals surface area (Å²) in [6, 6.07) is 12.2. The summed E-state index contributed by atoms with van der Waals surface area (Å²) in [5.74, 6) is 0.591. The van der Waals surface area contributed by atoms with Crippen molar-refractivity contribution in [3.8, 4) is 11.3 Å². The maximum atomic E-state index is 12.9. The molecule has 0 radical (unpaired) electrons. The predicted molar refractivity (Wildman–Crippen MR) is 122 cm³/mol. The maximum Gasteiger partial charge on any atom is 0.251 e. The van der Waals surface area contributed by atoms with E-state index in [1.807, 2.05) is 18.3 Å². The van der Waals surface area contributed by atoms with E-state index in [4.69, 9.17) is 4.74 Å². The zero-order valence-corrected chi connectivity index (χ0v) is 17.6. The molecule has 1 N–H and O–H groups in total. The summed E-state index contributed by atoms with van der Waals surface area (Å²) in [5.41, 5.74) is 5.21. The third-order valence-electron chi connectivity index (χ3n) is 6.16. The number of nitrogens with zero attached hydrogens (tertiary/aromatic N) is 3. The van der Waals surface area contributed by atoms with Gasteiger partial charge in [-0.1, -0.05) is 24.3 Å². The van der Waals surface area contributed by atoms with E-state index in [1.54, 1.807) is 16.8 Å². The molecule has 1 aliphatic heterocycles. The van der Waals surface area contributed by atoms with E-state index in [0.29, 0.717) is 12.0 Å². The lowest BCUT2D eigenvalue weighted by molar-refractivity contribution is 0.0903. The van der Waals surface area contributed by atoms with Crippen LogP contribution in [0.2, 0.25) is 0 Å². The monoisotopic (exact) mass is 414 g/mol. The highest BCUT2D eigenvalue weighted by Crippen LogP contribution is 2.25. The van der Waals surface area contributed by atoms with Crippen molar-refractivity contribution in [1.82, 2.24) is 14.5 Å². The van der Waals surface area contributed by atoms with Gasteiger partial charge in [0, 0.05) is 43.3 Å². The van der Waals surface area contributed by atoms with Gasteiger partial charge in [0.2, 0.25) is 5.95 Å². The molecule has 1 atom stereocenters. The van der Waals surface area contributed by atoms with Gasteiger partial charge < -0.3 is 14.6 Å². The van der Waals surface area contributed by atoms with E-state index >= 15 is 0 Å². The molecule has 0 saturated carbocycles. The van der Waals surface area contributed by atoms with Crippen molar-refractivity contribution < 1.29 is 4.74 Å². The van der Waals surface area contributed by atoms with Gasteiger partial charge in [-0.05, 0) is 61.1 Å². The smallest absolute Gasteiger partial charge is 0.251 e. The second-order valence-electron chi connectivity index (χ2n) is 8.20. The number of allylic oxidation sites excluding steroid dienone is 1. The molecule has 6 heteroatoms. The van der Waals surface area contributed by atoms with Crippen LogP contribution in [0, 0.1) is 0 Å². The number of nitrogens with one attached hydrogen (secondary N) is 1. The minimum absolute atomic E-state index is 0.0430. The second kappa shape index (κ2) is 8.47. The van der Waals surface area contributed by atoms with E-state index in [2.05, 4.69) is 52.6 Å². The Labute approximate surface area is 181 Å². The molecule has 2 aromatic heterocycles. The van der Waals surface area contributed by atoms with Crippen molar-refractivity contribution in [2.24, 2.45) is 0 Å². The summed E-state index contributed by atoms with van der Waals surface area (Å²) < 4.78 is 7.18. The molecule has 1 unspecified atom stereocenters. The minimum atomic E-state index is -0.0444. The van der Waals surface area contributed by atoms with Crippen LogP contribution in [0.15, 0.2) is 59.7 Å². The summed E-state index contributed by atoms with van der Waals surface area (Å²) in [4.78, 5) is 21.9. The summed E-state index contributed by atoms with van der Waals surface area (Å²) in [6.07, 6.45) is 10.8. The number of fused-ring (bicyclic) bond motifs is 1.